The van der Waals surface area contributed by atoms with Crippen LogP contribution in [0.5, 0.6) is 17.2 Å². The fourth-order valence-corrected chi connectivity index (χ4v) is 3.08. The maximum Gasteiger partial charge on any atom is 0.255 e. The Bertz CT molecular complexity index is 1160. The zero-order valence-corrected chi connectivity index (χ0v) is 16.6. The van der Waals surface area contributed by atoms with Gasteiger partial charge in [-0.25, -0.2) is 4.98 Å². The lowest BCUT2D eigenvalue weighted by molar-refractivity contribution is 0.102. The first kappa shape index (κ1) is 19.3. The van der Waals surface area contributed by atoms with Crippen molar-refractivity contribution in [2.24, 2.45) is 0 Å². The molecule has 0 aliphatic carbocycles. The molecule has 0 aliphatic rings. The number of nitrogens with zero attached hydrogens (tertiary/aromatic N) is 2. The van der Waals surface area contributed by atoms with Crippen LogP contribution in [0.3, 0.4) is 0 Å². The van der Waals surface area contributed by atoms with Gasteiger partial charge in [0.15, 0.2) is 17.1 Å². The van der Waals surface area contributed by atoms with E-state index in [1.54, 1.807) is 36.7 Å². The van der Waals surface area contributed by atoms with Crippen LogP contribution in [-0.4, -0.2) is 37.2 Å². The Morgan fingerprint density at radius 2 is 1.73 bits per heavy atom. The normalized spacial score (nSPS) is 10.6. The maximum atomic E-state index is 13.0. The van der Waals surface area contributed by atoms with Crippen LogP contribution in [0, 0.1) is 0 Å². The van der Waals surface area contributed by atoms with Crippen LogP contribution < -0.4 is 19.5 Å². The van der Waals surface area contributed by atoms with Gasteiger partial charge in [-0.05, 0) is 30.3 Å². The number of para-hydroxylation sites is 1. The van der Waals surface area contributed by atoms with Crippen LogP contribution in [0.2, 0.25) is 0 Å². The molecule has 152 valence electrons. The lowest BCUT2D eigenvalue weighted by Crippen LogP contribution is -2.13. The lowest BCUT2D eigenvalue weighted by Gasteiger charge is -2.14. The van der Waals surface area contributed by atoms with Gasteiger partial charge in [-0.3, -0.25) is 9.78 Å². The third-order valence-corrected chi connectivity index (χ3v) is 4.52. The monoisotopic (exact) mass is 405 g/mol. The highest BCUT2D eigenvalue weighted by Crippen LogP contribution is 2.38. The predicted octanol–water partition coefficient (Wildman–Crippen LogP) is 4.17. The highest BCUT2D eigenvalue weighted by atomic mass is 16.5. The van der Waals surface area contributed by atoms with Crippen molar-refractivity contribution in [2.45, 2.75) is 0 Å². The molecular weight excluding hydrogens is 386 g/mol. The summed E-state index contributed by atoms with van der Waals surface area (Å²) in [5.74, 6) is 1.23. The first-order valence-electron chi connectivity index (χ1n) is 9.06. The first-order valence-corrected chi connectivity index (χ1v) is 9.06. The summed E-state index contributed by atoms with van der Waals surface area (Å²) in [6.07, 6.45) is 3.25. The number of anilines is 1. The molecule has 0 spiro atoms. The number of oxazole rings is 1. The second kappa shape index (κ2) is 8.12. The third kappa shape index (κ3) is 3.50. The third-order valence-electron chi connectivity index (χ3n) is 4.52. The maximum absolute atomic E-state index is 13.0. The van der Waals surface area contributed by atoms with E-state index in [0.29, 0.717) is 51.1 Å². The fraction of sp³-hybridized carbons (Fsp3) is 0.136. The average Bonchev–Trinajstić information content (AvgIpc) is 3.22. The van der Waals surface area contributed by atoms with Gasteiger partial charge in [0.25, 0.3) is 5.91 Å². The number of pyridine rings is 1. The predicted molar refractivity (Wildman–Crippen MR) is 111 cm³/mol. The highest BCUT2D eigenvalue weighted by Gasteiger charge is 2.19. The number of methoxy groups -OCH3 is 3. The molecule has 2 aromatic heterocycles. The minimum atomic E-state index is -0.348. The SMILES string of the molecule is COc1cc(C(=O)Nc2ccccc2-c2nc3ccncc3o2)cc(OC)c1OC. The minimum Gasteiger partial charge on any atom is -0.493 e. The first-order chi connectivity index (χ1) is 14.6. The fourth-order valence-electron chi connectivity index (χ4n) is 3.08. The number of hydrogen-bond acceptors (Lipinski definition) is 7. The molecule has 30 heavy (non-hydrogen) atoms. The summed E-state index contributed by atoms with van der Waals surface area (Å²) in [5, 5.41) is 2.90. The summed E-state index contributed by atoms with van der Waals surface area (Å²) >= 11 is 0. The summed E-state index contributed by atoms with van der Waals surface area (Å²) in [6.45, 7) is 0. The van der Waals surface area contributed by atoms with E-state index >= 15 is 0 Å². The molecule has 0 radical (unpaired) electrons. The molecule has 0 saturated carbocycles. The van der Waals surface area contributed by atoms with Crippen LogP contribution in [-0.2, 0) is 0 Å². The van der Waals surface area contributed by atoms with Gasteiger partial charge in [0.1, 0.15) is 5.52 Å². The molecular formula is C22H19N3O5. The second-order valence-electron chi connectivity index (χ2n) is 6.28. The lowest BCUT2D eigenvalue weighted by atomic mass is 10.1. The molecule has 0 saturated heterocycles. The molecule has 1 N–H and O–H groups in total. The summed E-state index contributed by atoms with van der Waals surface area (Å²) in [4.78, 5) is 21.5. The van der Waals surface area contributed by atoms with Gasteiger partial charge in [-0.1, -0.05) is 12.1 Å². The Hall–Kier alpha value is -4.07. The van der Waals surface area contributed by atoms with Crippen molar-refractivity contribution in [2.75, 3.05) is 26.6 Å². The molecule has 0 unspecified atom stereocenters. The molecule has 1 amide bonds. The molecule has 2 heterocycles. The van der Waals surface area contributed by atoms with Crippen LogP contribution >= 0.6 is 0 Å². The minimum absolute atomic E-state index is 0.348. The molecule has 8 heteroatoms. The smallest absolute Gasteiger partial charge is 0.255 e. The van der Waals surface area contributed by atoms with Gasteiger partial charge in [0.05, 0.1) is 38.8 Å². The van der Waals surface area contributed by atoms with Crippen LogP contribution in [0.1, 0.15) is 10.4 Å². The van der Waals surface area contributed by atoms with Gasteiger partial charge in [-0.2, -0.15) is 0 Å². The van der Waals surface area contributed by atoms with E-state index < -0.39 is 0 Å². The Morgan fingerprint density at radius 1 is 1.00 bits per heavy atom. The number of aromatic nitrogens is 2. The quantitative estimate of drug-likeness (QED) is 0.514. The number of hydrogen-bond donors (Lipinski definition) is 1. The van der Waals surface area contributed by atoms with Crippen LogP contribution in [0.15, 0.2) is 59.3 Å². The Morgan fingerprint density at radius 3 is 2.40 bits per heavy atom. The summed E-state index contributed by atoms with van der Waals surface area (Å²) < 4.78 is 21.8. The second-order valence-corrected chi connectivity index (χ2v) is 6.28. The van der Waals surface area contributed by atoms with E-state index in [1.165, 1.54) is 21.3 Å². The largest absolute Gasteiger partial charge is 0.493 e. The standard InChI is InChI=1S/C22H19N3O5/c1-27-17-10-13(11-18(28-2)20(17)29-3)21(26)24-15-7-5-4-6-14(15)22-25-16-8-9-23-12-19(16)30-22/h4-12H,1-3H3,(H,24,26). The van der Waals surface area contributed by atoms with Crippen molar-refractivity contribution >= 4 is 22.7 Å². The van der Waals surface area contributed by atoms with Crippen molar-refractivity contribution in [3.63, 3.8) is 0 Å². The summed E-state index contributed by atoms with van der Waals surface area (Å²) in [5.41, 5.74) is 2.80. The number of amides is 1. The average molecular weight is 405 g/mol. The van der Waals surface area contributed by atoms with Crippen molar-refractivity contribution in [1.29, 1.82) is 0 Å². The van der Waals surface area contributed by atoms with E-state index in [2.05, 4.69) is 15.3 Å². The van der Waals surface area contributed by atoms with Crippen LogP contribution in [0.4, 0.5) is 5.69 Å². The Kier molecular flexibility index (Phi) is 5.21. The van der Waals surface area contributed by atoms with E-state index in [-0.39, 0.29) is 5.91 Å². The zero-order chi connectivity index (χ0) is 21.1. The summed E-state index contributed by atoms with van der Waals surface area (Å²) in [6, 6.07) is 12.2. The molecule has 4 rings (SSSR count). The van der Waals surface area contributed by atoms with Gasteiger partial charge in [0.2, 0.25) is 11.6 Å². The molecule has 0 atom stereocenters. The Labute approximate surface area is 172 Å². The van der Waals surface area contributed by atoms with Crippen LogP contribution in [0.25, 0.3) is 22.6 Å². The number of carbonyl (C=O) groups excluding carboxylic acids is 1. The highest BCUT2D eigenvalue weighted by molar-refractivity contribution is 6.06. The van der Waals surface area contributed by atoms with E-state index in [0.717, 1.165) is 0 Å². The number of benzene rings is 2. The van der Waals surface area contributed by atoms with Gasteiger partial charge >= 0.3 is 0 Å². The summed E-state index contributed by atoms with van der Waals surface area (Å²) in [7, 11) is 4.50. The van der Waals surface area contributed by atoms with E-state index in [4.69, 9.17) is 18.6 Å². The topological polar surface area (TPSA) is 95.7 Å². The number of rotatable bonds is 6. The molecule has 8 nitrogen and oxygen atoms in total. The van der Waals surface area contributed by atoms with E-state index in [1.807, 2.05) is 18.2 Å². The number of nitrogens with one attached hydrogen (secondary N) is 1. The molecule has 0 bridgehead atoms. The number of ether oxygens (including phenoxy) is 3. The number of carbonyl (C=O) groups is 1. The van der Waals surface area contributed by atoms with Crippen molar-refractivity contribution in [3.8, 4) is 28.7 Å². The van der Waals surface area contributed by atoms with Crippen molar-refractivity contribution in [3.05, 3.63) is 60.4 Å². The molecule has 0 fully saturated rings. The van der Waals surface area contributed by atoms with Gasteiger partial charge in [-0.15, -0.1) is 0 Å². The molecule has 2 aromatic carbocycles. The molecule has 0 aliphatic heterocycles. The zero-order valence-electron chi connectivity index (χ0n) is 16.6. The van der Waals surface area contributed by atoms with E-state index in [9.17, 15) is 4.79 Å². The Balaban J connectivity index is 1.69. The van der Waals surface area contributed by atoms with Gasteiger partial charge < -0.3 is 23.9 Å². The van der Waals surface area contributed by atoms with Gasteiger partial charge in [0, 0.05) is 11.8 Å². The van der Waals surface area contributed by atoms with Crippen molar-refractivity contribution < 1.29 is 23.4 Å². The molecule has 4 aromatic rings. The number of fused-ring (bicyclic) bond motifs is 1. The van der Waals surface area contributed by atoms with Crippen molar-refractivity contribution in [1.82, 2.24) is 9.97 Å².